The van der Waals surface area contributed by atoms with E-state index in [0.717, 1.165) is 34.0 Å². The number of rotatable bonds is 5. The molecule has 0 saturated carbocycles. The first-order valence-electron chi connectivity index (χ1n) is 4.93. The van der Waals surface area contributed by atoms with Crippen LogP contribution in [-0.4, -0.2) is 16.4 Å². The predicted molar refractivity (Wildman–Crippen MR) is 65.7 cm³/mol. The van der Waals surface area contributed by atoms with E-state index >= 15 is 0 Å². The third-order valence-electron chi connectivity index (χ3n) is 1.92. The Labute approximate surface area is 103 Å². The van der Waals surface area contributed by atoms with E-state index in [9.17, 15) is 0 Å². The fourth-order valence-corrected chi connectivity index (χ4v) is 2.78. The maximum absolute atomic E-state index is 5.63. The summed E-state index contributed by atoms with van der Waals surface area (Å²) < 4.78 is 10.7. The van der Waals surface area contributed by atoms with Crippen LogP contribution in [0.5, 0.6) is 0 Å². The summed E-state index contributed by atoms with van der Waals surface area (Å²) in [6.45, 7) is 2.67. The van der Waals surface area contributed by atoms with Gasteiger partial charge in [-0.05, 0) is 37.6 Å². The lowest BCUT2D eigenvalue weighted by Gasteiger charge is -1.95. The standard InChI is InChI=1S/C10H13N3OS2/c1-7-12-10(16-13-7)15-6-9-4-3-8(14-9)5-11-2/h3-4,11H,5-6H2,1-2H3. The van der Waals surface area contributed by atoms with Gasteiger partial charge in [0.15, 0.2) is 4.34 Å². The summed E-state index contributed by atoms with van der Waals surface area (Å²) in [5.41, 5.74) is 0. The largest absolute Gasteiger partial charge is 0.464 e. The van der Waals surface area contributed by atoms with Gasteiger partial charge in [0.1, 0.15) is 17.3 Å². The minimum Gasteiger partial charge on any atom is -0.464 e. The molecule has 0 spiro atoms. The fourth-order valence-electron chi connectivity index (χ4n) is 1.24. The first kappa shape index (κ1) is 11.6. The zero-order chi connectivity index (χ0) is 11.4. The smallest absolute Gasteiger partial charge is 0.170 e. The van der Waals surface area contributed by atoms with Crippen LogP contribution in [0.25, 0.3) is 0 Å². The van der Waals surface area contributed by atoms with Gasteiger partial charge >= 0.3 is 0 Å². The lowest BCUT2D eigenvalue weighted by atomic mass is 10.4. The van der Waals surface area contributed by atoms with Crippen LogP contribution in [0.4, 0.5) is 0 Å². The van der Waals surface area contributed by atoms with Crippen molar-refractivity contribution >= 4 is 23.3 Å². The summed E-state index contributed by atoms with van der Waals surface area (Å²) >= 11 is 3.09. The van der Waals surface area contributed by atoms with Crippen LogP contribution >= 0.6 is 23.3 Å². The van der Waals surface area contributed by atoms with Gasteiger partial charge in [0, 0.05) is 0 Å². The van der Waals surface area contributed by atoms with Gasteiger partial charge in [0.05, 0.1) is 12.3 Å². The molecule has 4 nitrogen and oxygen atoms in total. The zero-order valence-electron chi connectivity index (χ0n) is 9.19. The number of nitrogens with zero attached hydrogens (tertiary/aromatic N) is 2. The number of thioether (sulfide) groups is 1. The molecule has 0 saturated heterocycles. The highest BCUT2D eigenvalue weighted by Gasteiger charge is 2.05. The molecule has 0 unspecified atom stereocenters. The molecule has 0 bridgehead atoms. The molecule has 2 aromatic rings. The molecular weight excluding hydrogens is 242 g/mol. The van der Waals surface area contributed by atoms with E-state index in [0.29, 0.717) is 0 Å². The average Bonchev–Trinajstić information content (AvgIpc) is 2.85. The van der Waals surface area contributed by atoms with E-state index in [4.69, 9.17) is 4.42 Å². The van der Waals surface area contributed by atoms with Crippen molar-refractivity contribution in [2.75, 3.05) is 7.05 Å². The maximum atomic E-state index is 5.63. The molecule has 2 aromatic heterocycles. The Morgan fingerprint density at radius 3 is 2.94 bits per heavy atom. The number of hydrogen-bond donors (Lipinski definition) is 1. The summed E-state index contributed by atoms with van der Waals surface area (Å²) in [5, 5.41) is 3.05. The molecule has 0 radical (unpaired) electrons. The van der Waals surface area contributed by atoms with E-state index in [2.05, 4.69) is 14.7 Å². The molecule has 1 N–H and O–H groups in total. The quantitative estimate of drug-likeness (QED) is 0.832. The van der Waals surface area contributed by atoms with Gasteiger partial charge in [-0.3, -0.25) is 0 Å². The zero-order valence-corrected chi connectivity index (χ0v) is 10.8. The van der Waals surface area contributed by atoms with Gasteiger partial charge in [0.25, 0.3) is 0 Å². The normalized spacial score (nSPS) is 10.9. The van der Waals surface area contributed by atoms with Crippen molar-refractivity contribution in [2.45, 2.75) is 23.6 Å². The summed E-state index contributed by atoms with van der Waals surface area (Å²) in [4.78, 5) is 4.29. The number of nitrogens with one attached hydrogen (secondary N) is 1. The Morgan fingerprint density at radius 2 is 2.25 bits per heavy atom. The van der Waals surface area contributed by atoms with E-state index in [1.54, 1.807) is 11.8 Å². The Morgan fingerprint density at radius 1 is 1.44 bits per heavy atom. The second-order valence-electron chi connectivity index (χ2n) is 3.29. The Hall–Kier alpha value is -0.850. The Kier molecular flexibility index (Phi) is 3.98. The highest BCUT2D eigenvalue weighted by Crippen LogP contribution is 2.25. The van der Waals surface area contributed by atoms with Gasteiger partial charge in [-0.25, -0.2) is 4.98 Å². The lowest BCUT2D eigenvalue weighted by molar-refractivity contribution is 0.469. The molecule has 0 aliphatic heterocycles. The minimum absolute atomic E-state index is 0.766. The van der Waals surface area contributed by atoms with Gasteiger partial charge < -0.3 is 9.73 Å². The number of furan rings is 1. The number of aromatic nitrogens is 2. The summed E-state index contributed by atoms with van der Waals surface area (Å²) in [6.07, 6.45) is 0. The third-order valence-corrected chi connectivity index (χ3v) is 3.86. The van der Waals surface area contributed by atoms with Gasteiger partial charge in [-0.2, -0.15) is 4.37 Å². The molecule has 0 amide bonds. The summed E-state index contributed by atoms with van der Waals surface area (Å²) in [7, 11) is 1.90. The molecule has 2 heterocycles. The Bertz CT molecular complexity index is 452. The van der Waals surface area contributed by atoms with Crippen LogP contribution in [0, 0.1) is 6.92 Å². The van der Waals surface area contributed by atoms with Crippen LogP contribution in [0.3, 0.4) is 0 Å². The summed E-state index contributed by atoms with van der Waals surface area (Å²) in [5.74, 6) is 3.58. The van der Waals surface area contributed by atoms with Crippen molar-refractivity contribution in [3.63, 3.8) is 0 Å². The van der Waals surface area contributed by atoms with E-state index in [-0.39, 0.29) is 0 Å². The molecule has 0 aromatic carbocycles. The van der Waals surface area contributed by atoms with Crippen molar-refractivity contribution in [1.82, 2.24) is 14.7 Å². The van der Waals surface area contributed by atoms with Crippen LogP contribution in [0.1, 0.15) is 17.3 Å². The molecule has 2 rings (SSSR count). The average molecular weight is 255 g/mol. The first-order chi connectivity index (χ1) is 7.78. The van der Waals surface area contributed by atoms with Crippen LogP contribution in [0.2, 0.25) is 0 Å². The molecule has 0 aliphatic carbocycles. The molecule has 0 atom stereocenters. The number of aryl methyl sites for hydroxylation is 1. The molecule has 0 fully saturated rings. The predicted octanol–water partition coefficient (Wildman–Crippen LogP) is 2.45. The number of hydrogen-bond acceptors (Lipinski definition) is 6. The highest BCUT2D eigenvalue weighted by molar-refractivity contribution is 8.00. The van der Waals surface area contributed by atoms with Gasteiger partial charge in [-0.15, -0.1) is 0 Å². The first-order valence-corrected chi connectivity index (χ1v) is 6.69. The monoisotopic (exact) mass is 255 g/mol. The summed E-state index contributed by atoms with van der Waals surface area (Å²) in [6, 6.07) is 4.01. The molecular formula is C10H13N3OS2. The van der Waals surface area contributed by atoms with Crippen LogP contribution in [-0.2, 0) is 12.3 Å². The second kappa shape index (κ2) is 5.47. The lowest BCUT2D eigenvalue weighted by Crippen LogP contribution is -2.03. The van der Waals surface area contributed by atoms with E-state index in [1.807, 2.05) is 26.1 Å². The second-order valence-corrected chi connectivity index (χ2v) is 5.27. The fraction of sp³-hybridized carbons (Fsp3) is 0.400. The van der Waals surface area contributed by atoms with Crippen molar-refractivity contribution in [2.24, 2.45) is 0 Å². The van der Waals surface area contributed by atoms with E-state index < -0.39 is 0 Å². The van der Waals surface area contributed by atoms with Gasteiger partial charge in [0.2, 0.25) is 0 Å². The van der Waals surface area contributed by atoms with E-state index in [1.165, 1.54) is 11.5 Å². The minimum atomic E-state index is 0.766. The highest BCUT2D eigenvalue weighted by atomic mass is 32.2. The Balaban J connectivity index is 1.89. The van der Waals surface area contributed by atoms with Crippen LogP contribution in [0.15, 0.2) is 20.9 Å². The maximum Gasteiger partial charge on any atom is 0.170 e. The van der Waals surface area contributed by atoms with Gasteiger partial charge in [-0.1, -0.05) is 11.8 Å². The van der Waals surface area contributed by atoms with Crippen molar-refractivity contribution in [1.29, 1.82) is 0 Å². The van der Waals surface area contributed by atoms with Crippen molar-refractivity contribution in [3.05, 3.63) is 29.5 Å². The third kappa shape index (κ3) is 3.07. The molecule has 86 valence electrons. The molecule has 16 heavy (non-hydrogen) atoms. The molecule has 6 heteroatoms. The van der Waals surface area contributed by atoms with Crippen molar-refractivity contribution in [3.8, 4) is 0 Å². The SMILES string of the molecule is CNCc1ccc(CSc2nc(C)ns2)o1. The molecule has 0 aliphatic rings. The topological polar surface area (TPSA) is 51.0 Å². The van der Waals surface area contributed by atoms with Crippen LogP contribution < -0.4 is 5.32 Å². The van der Waals surface area contributed by atoms with Crippen molar-refractivity contribution < 1.29 is 4.42 Å².